The molecule has 1 amide bonds. The van der Waals surface area contributed by atoms with Crippen molar-refractivity contribution in [1.29, 1.82) is 0 Å². The third-order valence-electron chi connectivity index (χ3n) is 3.78. The van der Waals surface area contributed by atoms with Crippen molar-refractivity contribution in [2.75, 3.05) is 16.8 Å². The molecule has 0 spiro atoms. The van der Waals surface area contributed by atoms with Gasteiger partial charge in [-0.3, -0.25) is 9.78 Å². The van der Waals surface area contributed by atoms with E-state index in [4.69, 9.17) is 5.73 Å². The van der Waals surface area contributed by atoms with Gasteiger partial charge in [-0.25, -0.2) is 0 Å². The molecule has 1 aromatic heterocycles. The van der Waals surface area contributed by atoms with E-state index in [-0.39, 0.29) is 5.91 Å². The quantitative estimate of drug-likeness (QED) is 0.900. The van der Waals surface area contributed by atoms with Crippen LogP contribution in [0.2, 0.25) is 0 Å². The highest BCUT2D eigenvalue weighted by atomic mass is 16.2. The molecule has 1 atom stereocenters. The molecule has 0 aliphatic carbocycles. The fourth-order valence-electron chi connectivity index (χ4n) is 2.57. The molecular weight excluding hydrogens is 264 g/mol. The summed E-state index contributed by atoms with van der Waals surface area (Å²) in [5, 5.41) is 2.83. The van der Waals surface area contributed by atoms with Crippen LogP contribution in [0.4, 0.5) is 11.4 Å². The van der Waals surface area contributed by atoms with Crippen LogP contribution in [0, 0.1) is 0 Å². The molecule has 5 heteroatoms. The predicted molar refractivity (Wildman–Crippen MR) is 83.0 cm³/mol. The third-order valence-corrected chi connectivity index (χ3v) is 3.78. The van der Waals surface area contributed by atoms with E-state index >= 15 is 0 Å². The van der Waals surface area contributed by atoms with Gasteiger partial charge >= 0.3 is 0 Å². The molecule has 0 saturated carbocycles. The van der Waals surface area contributed by atoms with E-state index in [1.165, 1.54) is 5.56 Å². The van der Waals surface area contributed by atoms with Crippen LogP contribution in [0.1, 0.15) is 24.1 Å². The van der Waals surface area contributed by atoms with Crippen molar-refractivity contribution in [3.8, 4) is 0 Å². The zero-order chi connectivity index (χ0) is 14.8. The molecule has 0 fully saturated rings. The van der Waals surface area contributed by atoms with Gasteiger partial charge in [-0.1, -0.05) is 6.07 Å². The predicted octanol–water partition coefficient (Wildman–Crippen LogP) is 2.06. The van der Waals surface area contributed by atoms with Gasteiger partial charge in [0.15, 0.2) is 0 Å². The molecule has 2 heterocycles. The molecule has 3 rings (SSSR count). The number of nitrogens with one attached hydrogen (secondary N) is 1. The first-order valence-electron chi connectivity index (χ1n) is 7.03. The Hall–Kier alpha value is -2.40. The van der Waals surface area contributed by atoms with Gasteiger partial charge in [-0.05, 0) is 36.8 Å². The van der Waals surface area contributed by atoms with Crippen LogP contribution in [0.25, 0.3) is 0 Å². The molecule has 0 bridgehead atoms. The highest BCUT2D eigenvalue weighted by Gasteiger charge is 2.27. The summed E-state index contributed by atoms with van der Waals surface area (Å²) in [6.45, 7) is 3.79. The average Bonchev–Trinajstić information content (AvgIpc) is 2.80. The largest absolute Gasteiger partial charge is 0.367 e. The summed E-state index contributed by atoms with van der Waals surface area (Å²) in [5.41, 5.74) is 9.80. The second-order valence-corrected chi connectivity index (χ2v) is 5.11. The number of aromatic nitrogens is 1. The van der Waals surface area contributed by atoms with E-state index in [1.54, 1.807) is 12.4 Å². The maximum Gasteiger partial charge on any atom is 0.245 e. The number of nitrogens with two attached hydrogens (primary N) is 1. The van der Waals surface area contributed by atoms with Crippen LogP contribution in [0.15, 0.2) is 42.7 Å². The number of carbonyl (C=O) groups excluding carboxylic acids is 1. The smallest absolute Gasteiger partial charge is 0.245 e. The second kappa shape index (κ2) is 5.54. The number of rotatable bonds is 4. The van der Waals surface area contributed by atoms with E-state index in [9.17, 15) is 4.79 Å². The van der Waals surface area contributed by atoms with Crippen LogP contribution < -0.4 is 16.0 Å². The lowest BCUT2D eigenvalue weighted by molar-refractivity contribution is -0.116. The fraction of sp³-hybridized carbons (Fsp3) is 0.250. The number of benzene rings is 1. The van der Waals surface area contributed by atoms with Gasteiger partial charge in [-0.2, -0.15) is 0 Å². The van der Waals surface area contributed by atoms with Crippen molar-refractivity contribution in [1.82, 2.24) is 4.98 Å². The summed E-state index contributed by atoms with van der Waals surface area (Å²) in [4.78, 5) is 17.9. The zero-order valence-electron chi connectivity index (χ0n) is 11.9. The van der Waals surface area contributed by atoms with E-state index in [1.807, 2.05) is 30.3 Å². The molecule has 1 aliphatic rings. The number of nitrogens with zero attached hydrogens (tertiary/aromatic N) is 2. The molecule has 0 saturated heterocycles. The van der Waals surface area contributed by atoms with Crippen LogP contribution in [0.5, 0.6) is 0 Å². The Kier molecular flexibility index (Phi) is 3.58. The summed E-state index contributed by atoms with van der Waals surface area (Å²) in [5.74, 6) is -0.140. The molecule has 2 aromatic rings. The standard InChI is InChI=1S/C16H18N4O/c1-2-20(10-11-5-7-18-8-6-11)12-3-4-13-14(9-12)19-16(21)15(13)17/h3-9,15H,2,10,17H2,1H3,(H,19,21). The van der Waals surface area contributed by atoms with Gasteiger partial charge < -0.3 is 16.0 Å². The number of fused-ring (bicyclic) bond motifs is 1. The highest BCUT2D eigenvalue weighted by molar-refractivity contribution is 6.02. The minimum absolute atomic E-state index is 0.140. The number of pyridine rings is 1. The van der Waals surface area contributed by atoms with Crippen molar-refractivity contribution in [3.63, 3.8) is 0 Å². The zero-order valence-corrected chi connectivity index (χ0v) is 11.9. The monoisotopic (exact) mass is 282 g/mol. The molecule has 0 radical (unpaired) electrons. The number of anilines is 2. The average molecular weight is 282 g/mol. The summed E-state index contributed by atoms with van der Waals surface area (Å²) in [6.07, 6.45) is 3.59. The Bertz CT molecular complexity index is 657. The lowest BCUT2D eigenvalue weighted by Gasteiger charge is -2.24. The van der Waals surface area contributed by atoms with Gasteiger partial charge in [0, 0.05) is 42.4 Å². The second-order valence-electron chi connectivity index (χ2n) is 5.11. The molecule has 21 heavy (non-hydrogen) atoms. The summed E-state index contributed by atoms with van der Waals surface area (Å²) >= 11 is 0. The van der Waals surface area contributed by atoms with Crippen LogP contribution in [0.3, 0.4) is 0 Å². The Labute approximate surface area is 123 Å². The minimum Gasteiger partial charge on any atom is -0.367 e. The Morgan fingerprint density at radius 3 is 2.76 bits per heavy atom. The number of carbonyl (C=O) groups is 1. The number of hydrogen-bond donors (Lipinski definition) is 2. The van der Waals surface area contributed by atoms with Gasteiger partial charge in [0.25, 0.3) is 0 Å². The Morgan fingerprint density at radius 1 is 1.29 bits per heavy atom. The molecule has 108 valence electrons. The van der Waals surface area contributed by atoms with Gasteiger partial charge in [0.2, 0.25) is 5.91 Å². The summed E-state index contributed by atoms with van der Waals surface area (Å²) < 4.78 is 0. The van der Waals surface area contributed by atoms with Crippen molar-refractivity contribution in [2.45, 2.75) is 19.5 Å². The van der Waals surface area contributed by atoms with Crippen molar-refractivity contribution in [2.24, 2.45) is 5.73 Å². The topological polar surface area (TPSA) is 71.2 Å². The molecule has 1 unspecified atom stereocenters. The van der Waals surface area contributed by atoms with Gasteiger partial charge in [0.1, 0.15) is 6.04 Å². The lowest BCUT2D eigenvalue weighted by atomic mass is 10.1. The normalized spacial score (nSPS) is 16.5. The Balaban J connectivity index is 1.86. The maximum absolute atomic E-state index is 11.6. The SMILES string of the molecule is CCN(Cc1ccncc1)c1ccc2c(c1)NC(=O)C2N. The first kappa shape index (κ1) is 13.6. The van der Waals surface area contributed by atoms with Crippen molar-refractivity contribution in [3.05, 3.63) is 53.9 Å². The van der Waals surface area contributed by atoms with Gasteiger partial charge in [-0.15, -0.1) is 0 Å². The van der Waals surface area contributed by atoms with Gasteiger partial charge in [0.05, 0.1) is 0 Å². The van der Waals surface area contributed by atoms with E-state index < -0.39 is 6.04 Å². The molecular formula is C16H18N4O. The molecule has 3 N–H and O–H groups in total. The maximum atomic E-state index is 11.6. The molecule has 1 aromatic carbocycles. The Morgan fingerprint density at radius 2 is 2.05 bits per heavy atom. The summed E-state index contributed by atoms with van der Waals surface area (Å²) in [6, 6.07) is 9.41. The lowest BCUT2D eigenvalue weighted by Crippen LogP contribution is -2.22. The number of amides is 1. The van der Waals surface area contributed by atoms with Crippen LogP contribution >= 0.6 is 0 Å². The van der Waals surface area contributed by atoms with Crippen molar-refractivity contribution >= 4 is 17.3 Å². The fourth-order valence-corrected chi connectivity index (χ4v) is 2.57. The molecule has 1 aliphatic heterocycles. The van der Waals surface area contributed by atoms with Crippen LogP contribution in [-0.4, -0.2) is 17.4 Å². The highest BCUT2D eigenvalue weighted by Crippen LogP contribution is 2.33. The molecule has 5 nitrogen and oxygen atoms in total. The number of hydrogen-bond acceptors (Lipinski definition) is 4. The third kappa shape index (κ3) is 2.60. The van der Waals surface area contributed by atoms with E-state index in [0.717, 1.165) is 30.0 Å². The first-order valence-corrected chi connectivity index (χ1v) is 7.03. The van der Waals surface area contributed by atoms with Crippen molar-refractivity contribution < 1.29 is 4.79 Å². The summed E-state index contributed by atoms with van der Waals surface area (Å²) in [7, 11) is 0. The van der Waals surface area contributed by atoms with E-state index in [2.05, 4.69) is 22.1 Å². The van der Waals surface area contributed by atoms with Crippen LogP contribution in [-0.2, 0) is 11.3 Å². The first-order chi connectivity index (χ1) is 10.2. The van der Waals surface area contributed by atoms with E-state index in [0.29, 0.717) is 0 Å². The minimum atomic E-state index is -0.552.